The molecule has 0 aliphatic heterocycles. The Morgan fingerprint density at radius 1 is 1.45 bits per heavy atom. The summed E-state index contributed by atoms with van der Waals surface area (Å²) in [6.45, 7) is 2.95. The van der Waals surface area contributed by atoms with Crippen LogP contribution >= 0.6 is 0 Å². The van der Waals surface area contributed by atoms with Crippen molar-refractivity contribution in [1.82, 2.24) is 9.97 Å². The minimum absolute atomic E-state index is 0.131. The van der Waals surface area contributed by atoms with E-state index in [0.29, 0.717) is 12.5 Å². The van der Waals surface area contributed by atoms with Crippen molar-refractivity contribution in [2.45, 2.75) is 32.6 Å². The summed E-state index contributed by atoms with van der Waals surface area (Å²) in [6, 6.07) is 0. The van der Waals surface area contributed by atoms with Gasteiger partial charge in [-0.3, -0.25) is 15.5 Å². The zero-order chi connectivity index (χ0) is 14.5. The first-order valence-electron chi connectivity index (χ1n) is 6.82. The van der Waals surface area contributed by atoms with Crippen molar-refractivity contribution in [3.8, 4) is 0 Å². The first kappa shape index (κ1) is 14.4. The van der Waals surface area contributed by atoms with Gasteiger partial charge < -0.3 is 5.32 Å². The molecule has 0 radical (unpaired) electrons. The number of nitrogen functional groups attached to an aromatic ring is 1. The third-order valence-electron chi connectivity index (χ3n) is 3.79. The van der Waals surface area contributed by atoms with Crippen molar-refractivity contribution in [3.63, 3.8) is 0 Å². The number of aromatic nitrogens is 2. The number of anilines is 2. The Kier molecular flexibility index (Phi) is 4.67. The van der Waals surface area contributed by atoms with Crippen molar-refractivity contribution in [1.29, 1.82) is 0 Å². The van der Waals surface area contributed by atoms with E-state index in [1.165, 1.54) is 12.8 Å². The van der Waals surface area contributed by atoms with Gasteiger partial charge >= 0.3 is 5.69 Å². The predicted octanol–water partition coefficient (Wildman–Crippen LogP) is 1.91. The van der Waals surface area contributed by atoms with Crippen LogP contribution in [0.15, 0.2) is 6.20 Å². The number of rotatable bonds is 5. The average molecular weight is 280 g/mol. The average Bonchev–Trinajstić information content (AvgIpc) is 2.46. The molecule has 4 N–H and O–H groups in total. The number of nitrogens with one attached hydrogen (secondary N) is 2. The zero-order valence-electron chi connectivity index (χ0n) is 11.5. The van der Waals surface area contributed by atoms with E-state index in [-0.39, 0.29) is 17.5 Å². The lowest BCUT2D eigenvalue weighted by Gasteiger charge is -2.26. The van der Waals surface area contributed by atoms with Crippen molar-refractivity contribution in [2.24, 2.45) is 17.7 Å². The van der Waals surface area contributed by atoms with E-state index < -0.39 is 4.92 Å². The Bertz CT molecular complexity index is 473. The molecule has 1 heterocycles. The molecule has 1 aliphatic carbocycles. The SMILES string of the molecule is CC1CCC(CNc2nc(NN)ncc2[N+](=O)[O-])CC1. The van der Waals surface area contributed by atoms with E-state index >= 15 is 0 Å². The van der Waals surface area contributed by atoms with Crippen LogP contribution in [-0.4, -0.2) is 21.4 Å². The molecule has 8 heteroatoms. The maximum Gasteiger partial charge on any atom is 0.329 e. The third kappa shape index (κ3) is 3.53. The van der Waals surface area contributed by atoms with Crippen molar-refractivity contribution in [3.05, 3.63) is 16.3 Å². The summed E-state index contributed by atoms with van der Waals surface area (Å²) in [6.07, 6.45) is 5.89. The van der Waals surface area contributed by atoms with Gasteiger partial charge in [0.2, 0.25) is 11.8 Å². The third-order valence-corrected chi connectivity index (χ3v) is 3.79. The van der Waals surface area contributed by atoms with Crippen LogP contribution < -0.4 is 16.6 Å². The Hall–Kier alpha value is -1.96. The van der Waals surface area contributed by atoms with E-state index in [2.05, 4.69) is 27.6 Å². The largest absolute Gasteiger partial charge is 0.364 e. The van der Waals surface area contributed by atoms with Gasteiger partial charge in [0, 0.05) is 6.54 Å². The van der Waals surface area contributed by atoms with Gasteiger partial charge in [0.1, 0.15) is 6.20 Å². The van der Waals surface area contributed by atoms with E-state index in [1.54, 1.807) is 0 Å². The van der Waals surface area contributed by atoms with Gasteiger partial charge in [0.25, 0.3) is 0 Å². The fraction of sp³-hybridized carbons (Fsp3) is 0.667. The smallest absolute Gasteiger partial charge is 0.329 e. The van der Waals surface area contributed by atoms with Crippen molar-refractivity contribution >= 4 is 17.5 Å². The van der Waals surface area contributed by atoms with Crippen LogP contribution in [0.4, 0.5) is 17.5 Å². The first-order valence-corrected chi connectivity index (χ1v) is 6.82. The molecule has 1 saturated carbocycles. The molecule has 2 rings (SSSR count). The lowest BCUT2D eigenvalue weighted by Crippen LogP contribution is -2.21. The quantitative estimate of drug-likeness (QED) is 0.428. The van der Waals surface area contributed by atoms with Gasteiger partial charge in [0.15, 0.2) is 0 Å². The summed E-state index contributed by atoms with van der Waals surface area (Å²) in [5.74, 6) is 6.93. The highest BCUT2D eigenvalue weighted by Crippen LogP contribution is 2.29. The minimum Gasteiger partial charge on any atom is -0.364 e. The molecule has 0 amide bonds. The lowest BCUT2D eigenvalue weighted by atomic mass is 9.83. The van der Waals surface area contributed by atoms with Crippen molar-refractivity contribution < 1.29 is 4.92 Å². The Morgan fingerprint density at radius 3 is 2.75 bits per heavy atom. The molecular formula is C12H20N6O2. The molecule has 1 aromatic heterocycles. The monoisotopic (exact) mass is 280 g/mol. The Labute approximate surface area is 117 Å². The fourth-order valence-electron chi connectivity index (χ4n) is 2.48. The van der Waals surface area contributed by atoms with Gasteiger partial charge in [-0.25, -0.2) is 10.8 Å². The molecule has 110 valence electrons. The molecular weight excluding hydrogens is 260 g/mol. The van der Waals surface area contributed by atoms with E-state index in [0.717, 1.165) is 25.0 Å². The van der Waals surface area contributed by atoms with Gasteiger partial charge in [-0.15, -0.1) is 0 Å². The topological polar surface area (TPSA) is 119 Å². The number of nitro groups is 1. The highest BCUT2D eigenvalue weighted by atomic mass is 16.6. The fourth-order valence-corrected chi connectivity index (χ4v) is 2.48. The zero-order valence-corrected chi connectivity index (χ0v) is 11.5. The second-order valence-corrected chi connectivity index (χ2v) is 5.34. The number of nitrogens with two attached hydrogens (primary N) is 1. The normalized spacial score (nSPS) is 22.3. The highest BCUT2D eigenvalue weighted by Gasteiger charge is 2.21. The van der Waals surface area contributed by atoms with Gasteiger partial charge in [-0.05, 0) is 24.7 Å². The van der Waals surface area contributed by atoms with E-state index in [4.69, 9.17) is 5.84 Å². The Balaban J connectivity index is 2.02. The maximum atomic E-state index is 10.9. The molecule has 0 saturated heterocycles. The number of hydrogen-bond donors (Lipinski definition) is 3. The standard InChI is InChI=1S/C12H20N6O2/c1-8-2-4-9(5-3-8)6-14-11-10(18(19)20)7-15-12(16-11)17-13/h7-9H,2-6,13H2,1H3,(H2,14,15,16,17). The molecule has 0 bridgehead atoms. The van der Waals surface area contributed by atoms with Gasteiger partial charge in [-0.1, -0.05) is 19.8 Å². The molecule has 20 heavy (non-hydrogen) atoms. The summed E-state index contributed by atoms with van der Waals surface area (Å²) in [5, 5.41) is 14.0. The second-order valence-electron chi connectivity index (χ2n) is 5.34. The molecule has 1 aromatic rings. The van der Waals surface area contributed by atoms with Crippen LogP contribution in [0.2, 0.25) is 0 Å². The molecule has 0 unspecified atom stereocenters. The summed E-state index contributed by atoms with van der Waals surface area (Å²) >= 11 is 0. The number of hydrogen-bond acceptors (Lipinski definition) is 7. The molecule has 1 fully saturated rings. The highest BCUT2D eigenvalue weighted by molar-refractivity contribution is 5.56. The van der Waals surface area contributed by atoms with Crippen LogP contribution in [0.1, 0.15) is 32.6 Å². The number of hydrazine groups is 1. The number of nitrogens with zero attached hydrogens (tertiary/aromatic N) is 3. The minimum atomic E-state index is -0.494. The van der Waals surface area contributed by atoms with Crippen LogP contribution in [0.5, 0.6) is 0 Å². The summed E-state index contributed by atoms with van der Waals surface area (Å²) < 4.78 is 0. The van der Waals surface area contributed by atoms with E-state index in [9.17, 15) is 10.1 Å². The van der Waals surface area contributed by atoms with E-state index in [1.807, 2.05) is 0 Å². The summed E-state index contributed by atoms with van der Waals surface area (Å²) in [4.78, 5) is 18.2. The summed E-state index contributed by atoms with van der Waals surface area (Å²) in [7, 11) is 0. The van der Waals surface area contributed by atoms with Crippen LogP contribution in [0.25, 0.3) is 0 Å². The predicted molar refractivity (Wildman–Crippen MR) is 76.1 cm³/mol. The van der Waals surface area contributed by atoms with Crippen molar-refractivity contribution in [2.75, 3.05) is 17.3 Å². The summed E-state index contributed by atoms with van der Waals surface area (Å²) in [5.41, 5.74) is 2.16. The van der Waals surface area contributed by atoms with Gasteiger partial charge in [-0.2, -0.15) is 4.98 Å². The molecule has 1 aliphatic rings. The van der Waals surface area contributed by atoms with Gasteiger partial charge in [0.05, 0.1) is 4.92 Å². The first-order chi connectivity index (χ1) is 9.60. The van der Waals surface area contributed by atoms with Crippen LogP contribution in [0, 0.1) is 22.0 Å². The molecule has 8 nitrogen and oxygen atoms in total. The Morgan fingerprint density at radius 2 is 2.15 bits per heavy atom. The lowest BCUT2D eigenvalue weighted by molar-refractivity contribution is -0.384. The van der Waals surface area contributed by atoms with Crippen LogP contribution in [-0.2, 0) is 0 Å². The molecule has 0 spiro atoms. The molecule has 0 atom stereocenters. The maximum absolute atomic E-state index is 10.9. The second kappa shape index (κ2) is 6.47. The van der Waals surface area contributed by atoms with Crippen LogP contribution in [0.3, 0.4) is 0 Å². The molecule has 0 aromatic carbocycles.